The first-order valence-electron chi connectivity index (χ1n) is 13.4. The summed E-state index contributed by atoms with van der Waals surface area (Å²) in [6.45, 7) is 0. The van der Waals surface area contributed by atoms with E-state index in [1.54, 1.807) is 28.9 Å². The van der Waals surface area contributed by atoms with E-state index in [1.807, 2.05) is 103 Å². The Hall–Kier alpha value is -4.32. The van der Waals surface area contributed by atoms with E-state index in [4.69, 9.17) is 0 Å². The summed E-state index contributed by atoms with van der Waals surface area (Å²) in [5.74, 6) is 0. The molecule has 5 heterocycles. The van der Waals surface area contributed by atoms with Gasteiger partial charge in [-0.25, -0.2) is 22.7 Å². The van der Waals surface area contributed by atoms with Crippen molar-refractivity contribution >= 4 is 42.8 Å². The second-order valence-corrected chi connectivity index (χ2v) is 11.1. The average molecular weight is 767 g/mol. The van der Waals surface area contributed by atoms with Gasteiger partial charge in [0.1, 0.15) is 0 Å². The Bertz CT molecular complexity index is 1760. The zero-order valence-electron chi connectivity index (χ0n) is 22.8. The second kappa shape index (κ2) is 15.2. The molecular weight excluding hydrogens is 743 g/mol. The Morgan fingerprint density at radius 2 is 0.884 bits per heavy atom. The van der Waals surface area contributed by atoms with Crippen LogP contribution in [0.25, 0.3) is 52.6 Å². The van der Waals surface area contributed by atoms with Gasteiger partial charge in [0.05, 0.1) is 0 Å². The summed E-state index contributed by atoms with van der Waals surface area (Å²) in [7, 11) is 0. The van der Waals surface area contributed by atoms with Gasteiger partial charge < -0.3 is 15.0 Å². The molecule has 0 aliphatic rings. The molecule has 0 unspecified atom stereocenters. The average Bonchev–Trinajstić information content (AvgIpc) is 3.72. The fraction of sp³-hybridized carbons (Fsp3) is 0. The summed E-state index contributed by atoms with van der Waals surface area (Å²) in [5.41, 5.74) is 4.01. The molecule has 0 radical (unpaired) electrons. The van der Waals surface area contributed by atoms with Crippen molar-refractivity contribution in [1.82, 2.24) is 15.0 Å². The van der Waals surface area contributed by atoms with Gasteiger partial charge in [0, 0.05) is 30.0 Å². The van der Waals surface area contributed by atoms with E-state index in [0.717, 1.165) is 32.4 Å². The first-order valence-corrected chi connectivity index (χ1v) is 15.0. The topological polar surface area (TPSA) is 38.7 Å². The third kappa shape index (κ3) is 7.95. The summed E-state index contributed by atoms with van der Waals surface area (Å²) in [5, 5.41) is 2.34. The van der Waals surface area contributed by atoms with E-state index in [-0.39, 0.29) is 20.1 Å². The number of fused-ring (bicyclic) bond motifs is 2. The monoisotopic (exact) mass is 767 g/mol. The van der Waals surface area contributed by atoms with Crippen LogP contribution in [-0.4, -0.2) is 15.0 Å². The van der Waals surface area contributed by atoms with Gasteiger partial charge in [-0.05, 0) is 43.0 Å². The molecule has 0 bridgehead atoms. The molecule has 0 saturated heterocycles. The van der Waals surface area contributed by atoms with Gasteiger partial charge >= 0.3 is 20.1 Å². The minimum absolute atomic E-state index is 0. The van der Waals surface area contributed by atoms with Crippen molar-refractivity contribution in [3.63, 3.8) is 0 Å². The minimum atomic E-state index is 0. The maximum Gasteiger partial charge on any atom is 3.00 e. The van der Waals surface area contributed by atoms with Gasteiger partial charge in [-0.1, -0.05) is 60.7 Å². The normalized spacial score (nSPS) is 10.1. The molecule has 0 fully saturated rings. The van der Waals surface area contributed by atoms with Crippen molar-refractivity contribution < 1.29 is 20.1 Å². The molecule has 43 heavy (non-hydrogen) atoms. The first-order chi connectivity index (χ1) is 20.8. The number of nitrogens with zero attached hydrogens (tertiary/aromatic N) is 3. The fourth-order valence-corrected chi connectivity index (χ4v) is 6.10. The predicted molar refractivity (Wildman–Crippen MR) is 176 cm³/mol. The van der Waals surface area contributed by atoms with E-state index < -0.39 is 0 Å². The van der Waals surface area contributed by atoms with Gasteiger partial charge in [-0.2, -0.15) is 0 Å². The number of hydrogen-bond donors (Lipinski definition) is 0. The Labute approximate surface area is 273 Å². The van der Waals surface area contributed by atoms with Gasteiger partial charge in [-0.15, -0.1) is 83.1 Å². The third-order valence-electron chi connectivity index (χ3n) is 6.14. The Kier molecular flexibility index (Phi) is 10.7. The van der Waals surface area contributed by atoms with Crippen molar-refractivity contribution in [2.45, 2.75) is 0 Å². The van der Waals surface area contributed by atoms with E-state index in [0.29, 0.717) is 0 Å². The summed E-state index contributed by atoms with van der Waals surface area (Å²) in [4.78, 5) is 15.1. The zero-order valence-corrected chi connectivity index (χ0v) is 26.9. The molecule has 0 spiro atoms. The largest absolute Gasteiger partial charge is 3.00 e. The standard InChI is InChI=1S/2C13H8NS.C11H8N.Ir/c2*1-2-7-12-10(5-1)9-13(15-12)11-6-3-4-8-14-11;1-2-6-10(7-3-1)11-8-4-5-9-12-11;/h2*1-8H;1-6,8-9H;/q3*-1;+3. The SMILES string of the molecule is [Ir+3].[c-]1c(-c2ccccn2)sc2ccccc12.[c-]1c(-c2ccccn2)sc2ccccc12.[c-]1ccccc1-c1ccccn1. The third-order valence-corrected chi connectivity index (χ3v) is 8.32. The quantitative estimate of drug-likeness (QED) is 0.168. The molecule has 208 valence electrons. The molecule has 0 amide bonds. The second-order valence-electron chi connectivity index (χ2n) is 9.03. The molecule has 8 aromatic rings. The zero-order chi connectivity index (χ0) is 28.4. The van der Waals surface area contributed by atoms with E-state index in [2.05, 4.69) is 69.5 Å². The van der Waals surface area contributed by atoms with Crippen LogP contribution < -0.4 is 0 Å². The molecule has 0 aliphatic carbocycles. The van der Waals surface area contributed by atoms with Gasteiger partial charge in [0.25, 0.3) is 0 Å². The maximum atomic E-state index is 4.32. The number of benzene rings is 3. The minimum Gasteiger partial charge on any atom is -0.305 e. The van der Waals surface area contributed by atoms with Crippen LogP contribution in [0.1, 0.15) is 0 Å². The molecule has 3 nitrogen and oxygen atoms in total. The molecular formula is C37H24IrN3S2. The van der Waals surface area contributed by atoms with Gasteiger partial charge in [0.2, 0.25) is 0 Å². The number of thiophene rings is 2. The number of rotatable bonds is 3. The molecule has 0 N–H and O–H groups in total. The predicted octanol–water partition coefficient (Wildman–Crippen LogP) is 10.1. The van der Waals surface area contributed by atoms with Crippen LogP contribution in [0.2, 0.25) is 0 Å². The van der Waals surface area contributed by atoms with Gasteiger partial charge in [0.15, 0.2) is 0 Å². The number of aromatic nitrogens is 3. The molecule has 6 heteroatoms. The Morgan fingerprint density at radius 3 is 1.30 bits per heavy atom. The fourth-order valence-electron chi connectivity index (χ4n) is 4.13. The van der Waals surface area contributed by atoms with Crippen molar-refractivity contribution in [2.75, 3.05) is 0 Å². The van der Waals surface area contributed by atoms with Gasteiger partial charge in [-0.3, -0.25) is 0 Å². The molecule has 0 saturated carbocycles. The molecule has 3 aromatic carbocycles. The van der Waals surface area contributed by atoms with E-state index in [9.17, 15) is 0 Å². The van der Waals surface area contributed by atoms with Crippen LogP contribution in [0, 0.1) is 18.2 Å². The van der Waals surface area contributed by atoms with Crippen LogP contribution in [-0.2, 0) is 20.1 Å². The summed E-state index contributed by atoms with van der Waals surface area (Å²) in [6, 6.07) is 52.0. The molecule has 0 atom stereocenters. The summed E-state index contributed by atoms with van der Waals surface area (Å²) in [6.07, 6.45) is 5.41. The molecule has 5 aromatic heterocycles. The Morgan fingerprint density at radius 1 is 0.442 bits per heavy atom. The van der Waals surface area contributed by atoms with Crippen LogP contribution in [0.3, 0.4) is 0 Å². The molecule has 0 aliphatic heterocycles. The summed E-state index contributed by atoms with van der Waals surface area (Å²) < 4.78 is 2.52. The van der Waals surface area contributed by atoms with Crippen molar-refractivity contribution in [3.8, 4) is 32.4 Å². The molecule has 8 rings (SSSR count). The van der Waals surface area contributed by atoms with E-state index in [1.165, 1.54) is 20.2 Å². The van der Waals surface area contributed by atoms with Crippen LogP contribution in [0.5, 0.6) is 0 Å². The van der Waals surface area contributed by atoms with Crippen LogP contribution in [0.15, 0.2) is 146 Å². The summed E-state index contributed by atoms with van der Waals surface area (Å²) >= 11 is 3.46. The smallest absolute Gasteiger partial charge is 0.305 e. The van der Waals surface area contributed by atoms with Crippen molar-refractivity contribution in [2.24, 2.45) is 0 Å². The van der Waals surface area contributed by atoms with Crippen LogP contribution in [0.4, 0.5) is 0 Å². The number of hydrogen-bond acceptors (Lipinski definition) is 5. The first kappa shape index (κ1) is 30.1. The Balaban J connectivity index is 0.000000128. The maximum absolute atomic E-state index is 4.32. The van der Waals surface area contributed by atoms with E-state index >= 15 is 0 Å². The number of pyridine rings is 3. The van der Waals surface area contributed by atoms with Crippen molar-refractivity contribution in [3.05, 3.63) is 164 Å². The van der Waals surface area contributed by atoms with Crippen LogP contribution >= 0.6 is 22.7 Å². The van der Waals surface area contributed by atoms with Crippen molar-refractivity contribution in [1.29, 1.82) is 0 Å².